The summed E-state index contributed by atoms with van der Waals surface area (Å²) in [5.74, 6) is -1.59. The van der Waals surface area contributed by atoms with Crippen molar-refractivity contribution in [2.24, 2.45) is 5.73 Å². The molecule has 2 unspecified atom stereocenters. The maximum atomic E-state index is 13.4. The fourth-order valence-electron chi connectivity index (χ4n) is 2.88. The van der Waals surface area contributed by atoms with E-state index in [1.165, 1.54) is 4.31 Å². The van der Waals surface area contributed by atoms with Gasteiger partial charge in [0.05, 0.1) is 17.6 Å². The van der Waals surface area contributed by atoms with E-state index in [2.05, 4.69) is 4.74 Å². The zero-order valence-electron chi connectivity index (χ0n) is 13.2. The maximum absolute atomic E-state index is 13.4. The molecule has 1 aliphatic rings. The van der Waals surface area contributed by atoms with Crippen LogP contribution >= 0.6 is 0 Å². The number of hydrogen-bond acceptors (Lipinski definition) is 5. The van der Waals surface area contributed by atoms with Crippen LogP contribution in [0.1, 0.15) is 36.5 Å². The van der Waals surface area contributed by atoms with E-state index in [1.807, 2.05) is 0 Å². The molecule has 0 bridgehead atoms. The number of esters is 1. The number of ether oxygens (including phenoxy) is 1. The second-order valence-corrected chi connectivity index (χ2v) is 7.53. The average molecular weight is 344 g/mol. The number of rotatable bonds is 4. The molecule has 1 saturated heterocycles. The van der Waals surface area contributed by atoms with Crippen LogP contribution < -0.4 is 5.73 Å². The van der Waals surface area contributed by atoms with Gasteiger partial charge in [-0.15, -0.1) is 0 Å². The normalized spacial score (nSPS) is 21.0. The molecule has 0 radical (unpaired) electrons. The molecule has 1 aromatic rings. The summed E-state index contributed by atoms with van der Waals surface area (Å²) in [5, 5.41) is 0. The highest BCUT2D eigenvalue weighted by Gasteiger charge is 2.37. The third-order valence-electron chi connectivity index (χ3n) is 4.04. The summed E-state index contributed by atoms with van der Waals surface area (Å²) >= 11 is 0. The Morgan fingerprint density at radius 2 is 2.13 bits per heavy atom. The molecule has 0 amide bonds. The van der Waals surface area contributed by atoms with E-state index in [0.29, 0.717) is 13.0 Å². The number of sulfonamides is 1. The van der Waals surface area contributed by atoms with Crippen molar-refractivity contribution >= 4 is 16.0 Å². The Hall–Kier alpha value is -1.51. The van der Waals surface area contributed by atoms with E-state index < -0.39 is 21.8 Å². The number of carbonyl (C=O) groups excluding carboxylic acids is 1. The van der Waals surface area contributed by atoms with Crippen LogP contribution in [0.25, 0.3) is 0 Å². The molecule has 2 rings (SSSR count). The molecule has 2 atom stereocenters. The van der Waals surface area contributed by atoms with Gasteiger partial charge in [-0.05, 0) is 38.0 Å². The Morgan fingerprint density at radius 3 is 2.74 bits per heavy atom. The molecule has 1 aliphatic heterocycles. The van der Waals surface area contributed by atoms with Gasteiger partial charge in [-0.1, -0.05) is 6.42 Å². The number of benzene rings is 1. The fourth-order valence-corrected chi connectivity index (χ4v) is 4.81. The quantitative estimate of drug-likeness (QED) is 0.836. The Morgan fingerprint density at radius 1 is 1.43 bits per heavy atom. The first kappa shape index (κ1) is 17.8. The maximum Gasteiger partial charge on any atom is 0.339 e. The molecule has 128 valence electrons. The van der Waals surface area contributed by atoms with Crippen molar-refractivity contribution < 1.29 is 22.3 Å². The van der Waals surface area contributed by atoms with E-state index >= 15 is 0 Å². The summed E-state index contributed by atoms with van der Waals surface area (Å²) < 4.78 is 45.3. The highest BCUT2D eigenvalue weighted by Crippen LogP contribution is 2.29. The van der Waals surface area contributed by atoms with Crippen LogP contribution in [0, 0.1) is 5.82 Å². The molecule has 8 heteroatoms. The van der Waals surface area contributed by atoms with Gasteiger partial charge >= 0.3 is 5.97 Å². The van der Waals surface area contributed by atoms with Gasteiger partial charge in [0.1, 0.15) is 5.82 Å². The van der Waals surface area contributed by atoms with Crippen LogP contribution in [0.4, 0.5) is 4.39 Å². The first-order valence-corrected chi connectivity index (χ1v) is 8.88. The van der Waals surface area contributed by atoms with Gasteiger partial charge in [0, 0.05) is 18.6 Å². The molecule has 2 N–H and O–H groups in total. The first-order valence-electron chi connectivity index (χ1n) is 7.44. The summed E-state index contributed by atoms with van der Waals surface area (Å²) in [5.41, 5.74) is 5.62. The molecule has 0 aliphatic carbocycles. The second-order valence-electron chi connectivity index (χ2n) is 5.67. The Bertz CT molecular complexity index is 691. The summed E-state index contributed by atoms with van der Waals surface area (Å²) in [4.78, 5) is 11.6. The van der Waals surface area contributed by atoms with Gasteiger partial charge < -0.3 is 10.5 Å². The predicted molar refractivity (Wildman–Crippen MR) is 82.9 cm³/mol. The van der Waals surface area contributed by atoms with Gasteiger partial charge in [0.25, 0.3) is 0 Å². The zero-order valence-corrected chi connectivity index (χ0v) is 14.0. The average Bonchev–Trinajstić information content (AvgIpc) is 2.53. The van der Waals surface area contributed by atoms with Crippen molar-refractivity contribution in [1.29, 1.82) is 0 Å². The number of nitrogens with zero attached hydrogens (tertiary/aromatic N) is 1. The Kier molecular flexibility index (Phi) is 5.38. The lowest BCUT2D eigenvalue weighted by molar-refractivity contribution is 0.0595. The standard InChI is InChI=1S/C15H21FN2O4S/c1-10(17)13-5-3-4-8-18(13)23(20,21)14-7-6-11(16)9-12(14)15(19)22-2/h6-7,9-10,13H,3-5,8,17H2,1-2H3. The highest BCUT2D eigenvalue weighted by molar-refractivity contribution is 7.89. The lowest BCUT2D eigenvalue weighted by Gasteiger charge is -2.37. The molecule has 1 fully saturated rings. The SMILES string of the molecule is COC(=O)c1cc(F)ccc1S(=O)(=O)N1CCCCC1C(C)N. The Balaban J connectivity index is 2.53. The third kappa shape index (κ3) is 3.54. The molecule has 6 nitrogen and oxygen atoms in total. The van der Waals surface area contributed by atoms with E-state index in [9.17, 15) is 17.6 Å². The largest absolute Gasteiger partial charge is 0.465 e. The van der Waals surface area contributed by atoms with Gasteiger partial charge in [0.2, 0.25) is 10.0 Å². The highest BCUT2D eigenvalue weighted by atomic mass is 32.2. The van der Waals surface area contributed by atoms with Crippen LogP contribution in [0.2, 0.25) is 0 Å². The number of hydrogen-bond donors (Lipinski definition) is 1. The van der Waals surface area contributed by atoms with Crippen molar-refractivity contribution in [1.82, 2.24) is 4.31 Å². The molecule has 1 heterocycles. The van der Waals surface area contributed by atoms with Crippen molar-refractivity contribution in [3.8, 4) is 0 Å². The van der Waals surface area contributed by atoms with Crippen LogP contribution in [-0.2, 0) is 14.8 Å². The van der Waals surface area contributed by atoms with Crippen LogP contribution in [0.3, 0.4) is 0 Å². The van der Waals surface area contributed by atoms with E-state index in [4.69, 9.17) is 5.73 Å². The molecule has 0 spiro atoms. The fraction of sp³-hybridized carbons (Fsp3) is 0.533. The van der Waals surface area contributed by atoms with Crippen LogP contribution in [0.15, 0.2) is 23.1 Å². The van der Waals surface area contributed by atoms with Gasteiger partial charge in [0.15, 0.2) is 0 Å². The van der Waals surface area contributed by atoms with E-state index in [1.54, 1.807) is 6.92 Å². The minimum atomic E-state index is -3.97. The summed E-state index contributed by atoms with van der Waals surface area (Å²) in [7, 11) is -2.85. The molecular weight excluding hydrogens is 323 g/mol. The van der Waals surface area contributed by atoms with Crippen molar-refractivity contribution in [3.05, 3.63) is 29.6 Å². The summed E-state index contributed by atoms with van der Waals surface area (Å²) in [6.45, 7) is 2.08. The lowest BCUT2D eigenvalue weighted by Crippen LogP contribution is -2.51. The van der Waals surface area contributed by atoms with Crippen molar-refractivity contribution in [2.45, 2.75) is 43.2 Å². The Labute approximate surface area is 135 Å². The molecule has 23 heavy (non-hydrogen) atoms. The number of carbonyl (C=O) groups is 1. The molecule has 0 aromatic heterocycles. The van der Waals surface area contributed by atoms with Crippen LogP contribution in [0.5, 0.6) is 0 Å². The lowest BCUT2D eigenvalue weighted by atomic mass is 10.00. The minimum Gasteiger partial charge on any atom is -0.465 e. The van der Waals surface area contributed by atoms with Crippen molar-refractivity contribution in [2.75, 3.05) is 13.7 Å². The number of piperidine rings is 1. The summed E-state index contributed by atoms with van der Waals surface area (Å²) in [6.07, 6.45) is 2.27. The molecule has 0 saturated carbocycles. The predicted octanol–water partition coefficient (Wildman–Crippen LogP) is 1.50. The van der Waals surface area contributed by atoms with E-state index in [0.717, 1.165) is 38.2 Å². The third-order valence-corrected chi connectivity index (χ3v) is 6.02. The smallest absolute Gasteiger partial charge is 0.339 e. The zero-order chi connectivity index (χ0) is 17.2. The van der Waals surface area contributed by atoms with Crippen LogP contribution in [-0.4, -0.2) is 44.4 Å². The van der Waals surface area contributed by atoms with Gasteiger partial charge in [-0.25, -0.2) is 17.6 Å². The topological polar surface area (TPSA) is 89.7 Å². The molecule has 1 aromatic carbocycles. The second kappa shape index (κ2) is 6.94. The van der Waals surface area contributed by atoms with Crippen molar-refractivity contribution in [3.63, 3.8) is 0 Å². The first-order chi connectivity index (χ1) is 10.8. The van der Waals surface area contributed by atoms with E-state index in [-0.39, 0.29) is 22.5 Å². The van der Waals surface area contributed by atoms with Gasteiger partial charge in [-0.2, -0.15) is 4.31 Å². The monoisotopic (exact) mass is 344 g/mol. The summed E-state index contributed by atoms with van der Waals surface area (Å²) in [6, 6.07) is 2.31. The molecular formula is C15H21FN2O4S. The minimum absolute atomic E-state index is 0.252. The number of methoxy groups -OCH3 is 1. The number of halogens is 1. The van der Waals surface area contributed by atoms with Gasteiger partial charge in [-0.3, -0.25) is 0 Å². The number of nitrogens with two attached hydrogens (primary N) is 1.